The van der Waals surface area contributed by atoms with Crippen LogP contribution in [0.4, 0.5) is 0 Å². The summed E-state index contributed by atoms with van der Waals surface area (Å²) in [6, 6.07) is 0. The summed E-state index contributed by atoms with van der Waals surface area (Å²) in [5.74, 6) is -0.633. The van der Waals surface area contributed by atoms with E-state index in [1.807, 2.05) is 6.92 Å². The van der Waals surface area contributed by atoms with Crippen LogP contribution in [0.3, 0.4) is 0 Å². The maximum Gasteiger partial charge on any atom is 0.248 e. The Morgan fingerprint density at radius 3 is 2.33 bits per heavy atom. The maximum absolute atomic E-state index is 12.3. The van der Waals surface area contributed by atoms with E-state index in [0.29, 0.717) is 19.6 Å². The Hall–Kier alpha value is -1.15. The maximum atomic E-state index is 12.3. The van der Waals surface area contributed by atoms with Crippen molar-refractivity contribution in [3.8, 4) is 0 Å². The van der Waals surface area contributed by atoms with Crippen molar-refractivity contribution in [2.45, 2.75) is 32.7 Å². The lowest BCUT2D eigenvalue weighted by Crippen LogP contribution is -2.64. The molecule has 0 saturated carbocycles. The van der Waals surface area contributed by atoms with Gasteiger partial charge in [0.05, 0.1) is 5.75 Å². The molecule has 0 aromatic rings. The van der Waals surface area contributed by atoms with Crippen LogP contribution in [0.5, 0.6) is 0 Å². The number of amides is 2. The number of carbonyl (C=O) groups is 2. The molecule has 1 heterocycles. The Morgan fingerprint density at radius 2 is 1.86 bits per heavy atom. The van der Waals surface area contributed by atoms with Gasteiger partial charge in [0.2, 0.25) is 21.8 Å². The van der Waals surface area contributed by atoms with Crippen LogP contribution in [-0.4, -0.2) is 79.4 Å². The standard InChI is InChI=1S/C13H25N3O4S/c1-6-15-8-9-16(13(2,3)12(15)18)11(17)7-10-21(19,20)14(4)5/h6-10H2,1-5H3. The molecular weight excluding hydrogens is 294 g/mol. The van der Waals surface area contributed by atoms with Crippen molar-refractivity contribution in [2.24, 2.45) is 0 Å². The van der Waals surface area contributed by atoms with Crippen molar-refractivity contribution in [1.82, 2.24) is 14.1 Å². The van der Waals surface area contributed by atoms with Gasteiger partial charge in [0.1, 0.15) is 5.54 Å². The highest BCUT2D eigenvalue weighted by Crippen LogP contribution is 2.23. The first-order valence-corrected chi connectivity index (χ1v) is 8.65. The highest BCUT2D eigenvalue weighted by Gasteiger charge is 2.43. The van der Waals surface area contributed by atoms with E-state index in [1.54, 1.807) is 18.7 Å². The third-order valence-electron chi connectivity index (χ3n) is 3.89. The Labute approximate surface area is 126 Å². The van der Waals surface area contributed by atoms with Gasteiger partial charge < -0.3 is 9.80 Å². The molecule has 1 rings (SSSR count). The molecule has 1 aliphatic heterocycles. The number of sulfonamides is 1. The minimum absolute atomic E-state index is 0.0972. The van der Waals surface area contributed by atoms with E-state index in [9.17, 15) is 18.0 Å². The van der Waals surface area contributed by atoms with Gasteiger partial charge in [-0.1, -0.05) is 0 Å². The summed E-state index contributed by atoms with van der Waals surface area (Å²) in [4.78, 5) is 27.8. The van der Waals surface area contributed by atoms with Gasteiger partial charge in [-0.05, 0) is 20.8 Å². The molecule has 0 spiro atoms. The van der Waals surface area contributed by atoms with Gasteiger partial charge in [0.25, 0.3) is 0 Å². The fourth-order valence-electron chi connectivity index (χ4n) is 2.38. The summed E-state index contributed by atoms with van der Waals surface area (Å²) >= 11 is 0. The van der Waals surface area contributed by atoms with Crippen molar-refractivity contribution in [3.05, 3.63) is 0 Å². The lowest BCUT2D eigenvalue weighted by atomic mass is 9.97. The molecule has 0 aromatic carbocycles. The minimum atomic E-state index is -3.41. The summed E-state index contributed by atoms with van der Waals surface area (Å²) in [5, 5.41) is 0. The van der Waals surface area contributed by atoms with E-state index in [4.69, 9.17) is 0 Å². The SMILES string of the molecule is CCN1CCN(C(=O)CCS(=O)(=O)N(C)C)C(C)(C)C1=O. The van der Waals surface area contributed by atoms with Crippen LogP contribution >= 0.6 is 0 Å². The number of rotatable bonds is 5. The smallest absolute Gasteiger partial charge is 0.248 e. The van der Waals surface area contributed by atoms with Gasteiger partial charge in [0.15, 0.2) is 0 Å². The van der Waals surface area contributed by atoms with Crippen LogP contribution in [0.25, 0.3) is 0 Å². The fourth-order valence-corrected chi connectivity index (χ4v) is 3.17. The Bertz CT molecular complexity index is 514. The molecule has 7 nitrogen and oxygen atoms in total. The van der Waals surface area contributed by atoms with Gasteiger partial charge in [-0.25, -0.2) is 12.7 Å². The minimum Gasteiger partial charge on any atom is -0.339 e. The predicted octanol–water partition coefficient (Wildman–Crippen LogP) is -0.263. The van der Waals surface area contributed by atoms with Crippen molar-refractivity contribution in [2.75, 3.05) is 39.5 Å². The second-order valence-corrected chi connectivity index (χ2v) is 8.14. The molecule has 21 heavy (non-hydrogen) atoms. The second-order valence-electron chi connectivity index (χ2n) is 5.84. The van der Waals surface area contributed by atoms with E-state index in [2.05, 4.69) is 0 Å². The molecule has 122 valence electrons. The molecule has 0 radical (unpaired) electrons. The normalized spacial score (nSPS) is 19.2. The summed E-state index contributed by atoms with van der Waals surface area (Å²) < 4.78 is 24.5. The van der Waals surface area contributed by atoms with Gasteiger partial charge in [0, 0.05) is 40.2 Å². The summed E-state index contributed by atoms with van der Waals surface area (Å²) in [7, 11) is -0.532. The third kappa shape index (κ3) is 3.74. The molecule has 0 aliphatic carbocycles. The predicted molar refractivity (Wildman–Crippen MR) is 80.1 cm³/mol. The fraction of sp³-hybridized carbons (Fsp3) is 0.846. The first-order valence-electron chi connectivity index (χ1n) is 7.04. The largest absolute Gasteiger partial charge is 0.339 e. The second kappa shape index (κ2) is 6.31. The zero-order valence-corrected chi connectivity index (χ0v) is 14.2. The molecule has 2 amide bonds. The van der Waals surface area contributed by atoms with Gasteiger partial charge in [-0.15, -0.1) is 0 Å². The van der Waals surface area contributed by atoms with Crippen molar-refractivity contribution in [1.29, 1.82) is 0 Å². The van der Waals surface area contributed by atoms with Crippen molar-refractivity contribution < 1.29 is 18.0 Å². The van der Waals surface area contributed by atoms with E-state index in [0.717, 1.165) is 4.31 Å². The van der Waals surface area contributed by atoms with E-state index >= 15 is 0 Å². The highest BCUT2D eigenvalue weighted by molar-refractivity contribution is 7.89. The summed E-state index contributed by atoms with van der Waals surface area (Å²) in [6.07, 6.45) is -0.108. The molecule has 0 bridgehead atoms. The number of piperazine rings is 1. The molecule has 0 atom stereocenters. The Balaban J connectivity index is 2.77. The summed E-state index contributed by atoms with van der Waals surface area (Å²) in [6.45, 7) is 6.85. The van der Waals surface area contributed by atoms with Crippen LogP contribution in [0.15, 0.2) is 0 Å². The molecule has 1 aliphatic rings. The zero-order valence-electron chi connectivity index (χ0n) is 13.4. The van der Waals surface area contributed by atoms with Crippen LogP contribution in [0.1, 0.15) is 27.2 Å². The molecule has 0 N–H and O–H groups in total. The number of hydrogen-bond donors (Lipinski definition) is 0. The lowest BCUT2D eigenvalue weighted by molar-refractivity contribution is -0.158. The van der Waals surface area contributed by atoms with Crippen LogP contribution in [0.2, 0.25) is 0 Å². The van der Waals surface area contributed by atoms with Crippen LogP contribution < -0.4 is 0 Å². The molecule has 0 unspecified atom stereocenters. The average Bonchev–Trinajstić information content (AvgIpc) is 2.39. The lowest BCUT2D eigenvalue weighted by Gasteiger charge is -2.45. The van der Waals surface area contributed by atoms with Crippen LogP contribution in [-0.2, 0) is 19.6 Å². The Morgan fingerprint density at radius 1 is 1.29 bits per heavy atom. The van der Waals surface area contributed by atoms with E-state index in [1.165, 1.54) is 19.0 Å². The van der Waals surface area contributed by atoms with E-state index in [-0.39, 0.29) is 24.0 Å². The number of hydrogen-bond acceptors (Lipinski definition) is 4. The molecule has 1 saturated heterocycles. The number of carbonyl (C=O) groups excluding carboxylic acids is 2. The third-order valence-corrected chi connectivity index (χ3v) is 5.72. The van der Waals surface area contributed by atoms with Crippen molar-refractivity contribution >= 4 is 21.8 Å². The summed E-state index contributed by atoms with van der Waals surface area (Å²) in [5.41, 5.74) is -0.923. The zero-order chi connectivity index (χ0) is 16.4. The molecular formula is C13H25N3O4S. The molecule has 8 heteroatoms. The monoisotopic (exact) mass is 319 g/mol. The van der Waals surface area contributed by atoms with Crippen molar-refractivity contribution in [3.63, 3.8) is 0 Å². The first-order chi connectivity index (χ1) is 9.54. The van der Waals surface area contributed by atoms with Crippen LogP contribution in [0, 0.1) is 0 Å². The Kier molecular flexibility index (Phi) is 5.38. The van der Waals surface area contributed by atoms with Gasteiger partial charge in [-0.2, -0.15) is 0 Å². The first kappa shape index (κ1) is 17.9. The topological polar surface area (TPSA) is 78.0 Å². The number of nitrogens with zero attached hydrogens (tertiary/aromatic N) is 3. The van der Waals surface area contributed by atoms with E-state index < -0.39 is 15.6 Å². The van der Waals surface area contributed by atoms with Gasteiger partial charge in [-0.3, -0.25) is 9.59 Å². The quantitative estimate of drug-likeness (QED) is 0.699. The number of likely N-dealkylation sites (N-methyl/N-ethyl adjacent to an activating group) is 1. The average molecular weight is 319 g/mol. The van der Waals surface area contributed by atoms with Gasteiger partial charge >= 0.3 is 0 Å². The highest BCUT2D eigenvalue weighted by atomic mass is 32.2. The molecule has 1 fully saturated rings. The molecule has 0 aromatic heterocycles.